The summed E-state index contributed by atoms with van der Waals surface area (Å²) in [6, 6.07) is 11.7. The Labute approximate surface area is 157 Å². The van der Waals surface area contributed by atoms with Crippen molar-refractivity contribution in [2.75, 3.05) is 0 Å². The van der Waals surface area contributed by atoms with Crippen molar-refractivity contribution in [2.24, 2.45) is 11.7 Å². The minimum Gasteiger partial charge on any atom is -0.328 e. The van der Waals surface area contributed by atoms with Crippen molar-refractivity contribution in [1.82, 2.24) is 5.32 Å². The van der Waals surface area contributed by atoms with Gasteiger partial charge in [0.15, 0.2) is 0 Å². The third-order valence-electron chi connectivity index (χ3n) is 5.03. The van der Waals surface area contributed by atoms with Crippen LogP contribution in [0.2, 0.25) is 0 Å². The summed E-state index contributed by atoms with van der Waals surface area (Å²) in [5, 5.41) is 12.6. The molecule has 3 rings (SSSR count). The molecule has 0 aromatic heterocycles. The maximum atomic E-state index is 8.83. The highest BCUT2D eigenvalue weighted by Gasteiger charge is 2.39. The Morgan fingerprint density at radius 1 is 1.17 bits per heavy atom. The Morgan fingerprint density at radius 2 is 1.79 bits per heavy atom. The highest BCUT2D eigenvalue weighted by atomic mass is 35.5. The van der Waals surface area contributed by atoms with Gasteiger partial charge in [-0.1, -0.05) is 23.8 Å². The molecule has 132 valence electrons. The number of nitrogens with one attached hydrogen (secondary N) is 1. The summed E-state index contributed by atoms with van der Waals surface area (Å²) >= 11 is 0. The topological polar surface area (TPSA) is 61.8 Å². The molecule has 3 N–H and O–H groups in total. The van der Waals surface area contributed by atoms with E-state index in [2.05, 4.69) is 24.4 Å². The molecule has 24 heavy (non-hydrogen) atoms. The predicted molar refractivity (Wildman–Crippen MR) is 105 cm³/mol. The lowest BCUT2D eigenvalue weighted by Crippen LogP contribution is -2.38. The number of rotatable bonds is 4. The second kappa shape index (κ2) is 9.44. The summed E-state index contributed by atoms with van der Waals surface area (Å²) in [7, 11) is 0. The Bertz CT molecular complexity index is 584. The number of halogens is 2. The van der Waals surface area contributed by atoms with E-state index in [1.807, 2.05) is 24.3 Å². The molecular weight excluding hydrogens is 341 g/mol. The number of hydrogen-bond acceptors (Lipinski definition) is 3. The van der Waals surface area contributed by atoms with Gasteiger partial charge in [0.2, 0.25) is 0 Å². The fraction of sp³-hybridized carbons (Fsp3) is 0.526. The molecule has 2 saturated carbocycles. The Balaban J connectivity index is 0.00000144. The van der Waals surface area contributed by atoms with E-state index in [9.17, 15) is 0 Å². The lowest BCUT2D eigenvalue weighted by molar-refractivity contribution is 0.338. The first-order valence-corrected chi connectivity index (χ1v) is 8.35. The van der Waals surface area contributed by atoms with Crippen LogP contribution in [-0.2, 0) is 0 Å². The first kappa shape index (κ1) is 21.0. The zero-order valence-electron chi connectivity index (χ0n) is 14.1. The predicted octanol–water partition coefficient (Wildman–Crippen LogP) is 4.05. The molecule has 2 fully saturated rings. The molecule has 5 heteroatoms. The van der Waals surface area contributed by atoms with Crippen molar-refractivity contribution < 1.29 is 0 Å². The van der Waals surface area contributed by atoms with Crippen molar-refractivity contribution in [3.05, 3.63) is 41.0 Å². The standard InChI is InChI=1S/C19H25N3.2ClH/c1-13(10-14-2-4-15(12-20)5-3-14)18-11-19(18)22-17-8-6-16(21)7-9-17;;/h2-5,10,16-19,22H,6-9,11,21H2,1H3;2*1H/b13-10+;;/t16-,17-,18?,19?;;. The Hall–Kier alpha value is -1.05. The lowest BCUT2D eigenvalue weighted by atomic mass is 9.92. The SMILES string of the molecule is C/C(=C\c1ccc(C#N)cc1)C1CC1N[C@H]1CC[C@H](N)CC1.Cl.Cl. The van der Waals surface area contributed by atoms with Crippen LogP contribution in [0.1, 0.15) is 50.2 Å². The largest absolute Gasteiger partial charge is 0.328 e. The smallest absolute Gasteiger partial charge is 0.0991 e. The van der Waals surface area contributed by atoms with E-state index in [4.69, 9.17) is 11.0 Å². The van der Waals surface area contributed by atoms with Crippen molar-refractivity contribution in [3.8, 4) is 6.07 Å². The monoisotopic (exact) mass is 367 g/mol. The normalized spacial score (nSPS) is 29.0. The summed E-state index contributed by atoms with van der Waals surface area (Å²) < 4.78 is 0. The minimum absolute atomic E-state index is 0. The van der Waals surface area contributed by atoms with E-state index in [0.717, 1.165) is 18.4 Å². The van der Waals surface area contributed by atoms with E-state index < -0.39 is 0 Å². The quantitative estimate of drug-likeness (QED) is 0.843. The lowest BCUT2D eigenvalue weighted by Gasteiger charge is -2.27. The van der Waals surface area contributed by atoms with E-state index in [1.165, 1.54) is 30.4 Å². The van der Waals surface area contributed by atoms with Gasteiger partial charge < -0.3 is 11.1 Å². The van der Waals surface area contributed by atoms with Crippen LogP contribution in [0.25, 0.3) is 6.08 Å². The van der Waals surface area contributed by atoms with Crippen LogP contribution >= 0.6 is 24.8 Å². The number of benzene rings is 1. The van der Waals surface area contributed by atoms with Crippen LogP contribution in [-0.4, -0.2) is 18.1 Å². The molecule has 2 atom stereocenters. The first-order chi connectivity index (χ1) is 10.7. The van der Waals surface area contributed by atoms with Crippen LogP contribution in [0.15, 0.2) is 29.8 Å². The van der Waals surface area contributed by atoms with E-state index in [-0.39, 0.29) is 24.8 Å². The van der Waals surface area contributed by atoms with Gasteiger partial charge in [0.1, 0.15) is 0 Å². The summed E-state index contributed by atoms with van der Waals surface area (Å²) in [4.78, 5) is 0. The fourth-order valence-electron chi connectivity index (χ4n) is 3.49. The average Bonchev–Trinajstić information content (AvgIpc) is 3.30. The summed E-state index contributed by atoms with van der Waals surface area (Å²) in [6.07, 6.45) is 8.28. The van der Waals surface area contributed by atoms with Crippen molar-refractivity contribution in [3.63, 3.8) is 0 Å². The molecular formula is C19H27Cl2N3. The molecule has 0 bridgehead atoms. The highest BCUT2D eigenvalue weighted by Crippen LogP contribution is 2.39. The zero-order valence-corrected chi connectivity index (χ0v) is 15.7. The highest BCUT2D eigenvalue weighted by molar-refractivity contribution is 5.85. The number of nitriles is 1. The third-order valence-corrected chi connectivity index (χ3v) is 5.03. The van der Waals surface area contributed by atoms with Crippen LogP contribution in [0, 0.1) is 17.2 Å². The van der Waals surface area contributed by atoms with Crippen LogP contribution in [0.5, 0.6) is 0 Å². The van der Waals surface area contributed by atoms with Gasteiger partial charge in [-0.25, -0.2) is 0 Å². The second-order valence-corrected chi connectivity index (χ2v) is 6.85. The molecule has 0 heterocycles. The molecule has 0 saturated heterocycles. The van der Waals surface area contributed by atoms with Gasteiger partial charge >= 0.3 is 0 Å². The van der Waals surface area contributed by atoms with Gasteiger partial charge in [-0.2, -0.15) is 5.26 Å². The zero-order chi connectivity index (χ0) is 15.5. The van der Waals surface area contributed by atoms with Gasteiger partial charge in [0.25, 0.3) is 0 Å². The third kappa shape index (κ3) is 5.50. The minimum atomic E-state index is 0. The summed E-state index contributed by atoms with van der Waals surface area (Å²) in [5.74, 6) is 0.672. The molecule has 1 aromatic rings. The van der Waals surface area contributed by atoms with Gasteiger partial charge in [0, 0.05) is 18.1 Å². The van der Waals surface area contributed by atoms with Gasteiger partial charge in [-0.05, 0) is 62.6 Å². The van der Waals surface area contributed by atoms with Crippen LogP contribution < -0.4 is 11.1 Å². The Kier molecular flexibility index (Phi) is 8.26. The van der Waals surface area contributed by atoms with Crippen LogP contribution in [0.3, 0.4) is 0 Å². The average molecular weight is 368 g/mol. The second-order valence-electron chi connectivity index (χ2n) is 6.85. The molecule has 2 aliphatic carbocycles. The molecule has 3 nitrogen and oxygen atoms in total. The van der Waals surface area contributed by atoms with Crippen molar-refractivity contribution >= 4 is 30.9 Å². The molecule has 2 unspecified atom stereocenters. The Morgan fingerprint density at radius 3 is 2.38 bits per heavy atom. The summed E-state index contributed by atoms with van der Waals surface area (Å²) in [5.41, 5.74) is 9.31. The molecule has 2 aliphatic rings. The van der Waals surface area contributed by atoms with Crippen molar-refractivity contribution in [1.29, 1.82) is 5.26 Å². The van der Waals surface area contributed by atoms with Gasteiger partial charge in [-0.15, -0.1) is 24.8 Å². The molecule has 0 amide bonds. The number of nitrogens with two attached hydrogens (primary N) is 1. The number of nitrogens with zero attached hydrogens (tertiary/aromatic N) is 1. The summed E-state index contributed by atoms with van der Waals surface area (Å²) in [6.45, 7) is 2.22. The van der Waals surface area contributed by atoms with Gasteiger partial charge in [-0.3, -0.25) is 0 Å². The number of hydrogen-bond donors (Lipinski definition) is 2. The molecule has 1 aromatic carbocycles. The first-order valence-electron chi connectivity index (χ1n) is 8.35. The molecule has 0 spiro atoms. The van der Waals surface area contributed by atoms with Crippen molar-refractivity contribution in [2.45, 2.75) is 57.2 Å². The molecule has 0 radical (unpaired) electrons. The van der Waals surface area contributed by atoms with E-state index in [0.29, 0.717) is 24.0 Å². The van der Waals surface area contributed by atoms with E-state index in [1.54, 1.807) is 0 Å². The fourth-order valence-corrected chi connectivity index (χ4v) is 3.49. The van der Waals surface area contributed by atoms with Gasteiger partial charge in [0.05, 0.1) is 11.6 Å². The maximum absolute atomic E-state index is 8.83. The maximum Gasteiger partial charge on any atom is 0.0991 e. The van der Waals surface area contributed by atoms with Crippen LogP contribution in [0.4, 0.5) is 0 Å². The molecule has 0 aliphatic heterocycles. The van der Waals surface area contributed by atoms with E-state index >= 15 is 0 Å².